The summed E-state index contributed by atoms with van der Waals surface area (Å²) in [6.45, 7) is 2.50. The number of ether oxygens (including phenoxy) is 2. The van der Waals surface area contributed by atoms with Crippen molar-refractivity contribution in [1.29, 1.82) is 0 Å². The highest BCUT2D eigenvalue weighted by Gasteiger charge is 2.42. The molecular weight excluding hydrogens is 297 g/mol. The molecule has 0 aromatic heterocycles. The Balaban J connectivity index is 2.13. The number of methoxy groups -OCH3 is 1. The summed E-state index contributed by atoms with van der Waals surface area (Å²) in [5, 5.41) is 3.00. The molecule has 1 aliphatic carbocycles. The summed E-state index contributed by atoms with van der Waals surface area (Å²) in [6, 6.07) is 3.62. The van der Waals surface area contributed by atoms with Gasteiger partial charge in [-0.25, -0.2) is 12.8 Å². The standard InChI is InChI=1S/C14H20FNO4S/c1-4-20-13-8-12(14(13)19-2)16-11-7-9(21(3,17)18)5-6-10(11)15/h5-7,12-14,16H,4,8H2,1-3H3. The highest BCUT2D eigenvalue weighted by atomic mass is 32.2. The van der Waals surface area contributed by atoms with Gasteiger partial charge in [0.1, 0.15) is 11.9 Å². The lowest BCUT2D eigenvalue weighted by atomic mass is 9.85. The fourth-order valence-corrected chi connectivity index (χ4v) is 3.11. The van der Waals surface area contributed by atoms with Gasteiger partial charge in [0.2, 0.25) is 0 Å². The fourth-order valence-electron chi connectivity index (χ4n) is 2.46. The molecule has 21 heavy (non-hydrogen) atoms. The van der Waals surface area contributed by atoms with Gasteiger partial charge < -0.3 is 14.8 Å². The molecule has 5 nitrogen and oxygen atoms in total. The van der Waals surface area contributed by atoms with E-state index in [2.05, 4.69) is 5.32 Å². The number of benzene rings is 1. The van der Waals surface area contributed by atoms with Crippen LogP contribution < -0.4 is 5.32 Å². The first-order chi connectivity index (χ1) is 9.86. The van der Waals surface area contributed by atoms with E-state index in [0.717, 1.165) is 12.3 Å². The third-order valence-electron chi connectivity index (χ3n) is 3.61. The Morgan fingerprint density at radius 2 is 2.14 bits per heavy atom. The van der Waals surface area contributed by atoms with Gasteiger partial charge in [-0.05, 0) is 31.5 Å². The lowest BCUT2D eigenvalue weighted by Crippen LogP contribution is -2.56. The molecule has 1 saturated carbocycles. The average Bonchev–Trinajstić information content (AvgIpc) is 2.38. The molecule has 0 aliphatic heterocycles. The second-order valence-corrected chi connectivity index (χ2v) is 7.11. The van der Waals surface area contributed by atoms with E-state index in [4.69, 9.17) is 9.47 Å². The summed E-state index contributed by atoms with van der Waals surface area (Å²) >= 11 is 0. The summed E-state index contributed by atoms with van der Waals surface area (Å²) in [4.78, 5) is 0.0843. The molecule has 2 rings (SSSR count). The van der Waals surface area contributed by atoms with Gasteiger partial charge in [-0.3, -0.25) is 0 Å². The number of hydrogen-bond donors (Lipinski definition) is 1. The minimum atomic E-state index is -3.37. The van der Waals surface area contributed by atoms with Gasteiger partial charge in [-0.2, -0.15) is 0 Å². The number of hydrogen-bond acceptors (Lipinski definition) is 5. The molecule has 1 N–H and O–H groups in total. The average molecular weight is 317 g/mol. The van der Waals surface area contributed by atoms with E-state index in [-0.39, 0.29) is 28.8 Å². The molecule has 3 atom stereocenters. The third-order valence-corrected chi connectivity index (χ3v) is 4.72. The van der Waals surface area contributed by atoms with Crippen LogP contribution >= 0.6 is 0 Å². The minimum Gasteiger partial charge on any atom is -0.377 e. The second kappa shape index (κ2) is 6.29. The van der Waals surface area contributed by atoms with Crippen LogP contribution in [0.1, 0.15) is 13.3 Å². The summed E-state index contributed by atoms with van der Waals surface area (Å²) < 4.78 is 47.7. The summed E-state index contributed by atoms with van der Waals surface area (Å²) in [7, 11) is -1.79. The Labute approximate surface area is 124 Å². The van der Waals surface area contributed by atoms with Crippen molar-refractivity contribution in [2.24, 2.45) is 0 Å². The fraction of sp³-hybridized carbons (Fsp3) is 0.571. The summed E-state index contributed by atoms with van der Waals surface area (Å²) in [5.41, 5.74) is 0.167. The minimum absolute atomic E-state index is 0.0151. The molecule has 3 unspecified atom stereocenters. The summed E-state index contributed by atoms with van der Waals surface area (Å²) in [5.74, 6) is -0.489. The van der Waals surface area contributed by atoms with Crippen molar-refractivity contribution >= 4 is 15.5 Å². The van der Waals surface area contributed by atoms with Gasteiger partial charge in [-0.15, -0.1) is 0 Å². The smallest absolute Gasteiger partial charge is 0.175 e. The zero-order chi connectivity index (χ0) is 15.6. The van der Waals surface area contributed by atoms with E-state index < -0.39 is 15.7 Å². The van der Waals surface area contributed by atoms with E-state index in [1.807, 2.05) is 6.92 Å². The number of nitrogens with one attached hydrogen (secondary N) is 1. The van der Waals surface area contributed by atoms with Gasteiger partial charge in [0, 0.05) is 20.0 Å². The Hall–Kier alpha value is -1.18. The number of rotatable bonds is 6. The first kappa shape index (κ1) is 16.2. The molecule has 0 spiro atoms. The number of halogens is 1. The Morgan fingerprint density at radius 1 is 1.43 bits per heavy atom. The van der Waals surface area contributed by atoms with Gasteiger partial charge in [-0.1, -0.05) is 0 Å². The Morgan fingerprint density at radius 3 is 2.71 bits per heavy atom. The predicted octanol–water partition coefficient (Wildman–Crippen LogP) is 1.83. The van der Waals surface area contributed by atoms with Crippen LogP contribution in [0, 0.1) is 5.82 Å². The molecule has 0 saturated heterocycles. The number of anilines is 1. The SMILES string of the molecule is CCOC1CC(Nc2cc(S(C)(=O)=O)ccc2F)C1OC. The molecule has 0 heterocycles. The normalized spacial score (nSPS) is 25.4. The molecule has 0 amide bonds. The van der Waals surface area contributed by atoms with E-state index in [0.29, 0.717) is 13.0 Å². The largest absolute Gasteiger partial charge is 0.377 e. The predicted molar refractivity (Wildman–Crippen MR) is 77.7 cm³/mol. The van der Waals surface area contributed by atoms with Crippen LogP contribution in [0.25, 0.3) is 0 Å². The maximum atomic E-state index is 13.8. The van der Waals surface area contributed by atoms with Crippen LogP contribution in [0.4, 0.5) is 10.1 Å². The molecule has 1 aliphatic rings. The van der Waals surface area contributed by atoms with E-state index in [1.54, 1.807) is 7.11 Å². The molecule has 1 aromatic rings. The second-order valence-electron chi connectivity index (χ2n) is 5.09. The van der Waals surface area contributed by atoms with Crippen molar-refractivity contribution in [3.8, 4) is 0 Å². The monoisotopic (exact) mass is 317 g/mol. The van der Waals surface area contributed by atoms with Crippen molar-refractivity contribution in [1.82, 2.24) is 0 Å². The zero-order valence-corrected chi connectivity index (χ0v) is 13.1. The van der Waals surface area contributed by atoms with Gasteiger partial charge in [0.15, 0.2) is 9.84 Å². The first-order valence-electron chi connectivity index (χ1n) is 6.77. The third kappa shape index (κ3) is 3.53. The molecule has 1 fully saturated rings. The lowest BCUT2D eigenvalue weighted by molar-refractivity contribution is -0.118. The van der Waals surface area contributed by atoms with E-state index >= 15 is 0 Å². The van der Waals surface area contributed by atoms with Crippen LogP contribution in [0.5, 0.6) is 0 Å². The molecule has 7 heteroatoms. The van der Waals surface area contributed by atoms with Crippen molar-refractivity contribution in [2.45, 2.75) is 36.5 Å². The summed E-state index contributed by atoms with van der Waals surface area (Å²) in [6.07, 6.45) is 1.59. The molecule has 0 radical (unpaired) electrons. The van der Waals surface area contributed by atoms with Gasteiger partial charge in [0.25, 0.3) is 0 Å². The Kier molecular flexibility index (Phi) is 4.85. The zero-order valence-electron chi connectivity index (χ0n) is 12.3. The van der Waals surface area contributed by atoms with Crippen LogP contribution in [-0.4, -0.2) is 46.6 Å². The van der Waals surface area contributed by atoms with Crippen LogP contribution in [0.15, 0.2) is 23.1 Å². The molecule has 1 aromatic carbocycles. The van der Waals surface area contributed by atoms with Gasteiger partial charge in [0.05, 0.1) is 22.7 Å². The quantitative estimate of drug-likeness (QED) is 0.811. The van der Waals surface area contributed by atoms with Crippen molar-refractivity contribution in [2.75, 3.05) is 25.3 Å². The number of sulfone groups is 1. The van der Waals surface area contributed by atoms with Crippen LogP contribution in [-0.2, 0) is 19.3 Å². The maximum absolute atomic E-state index is 13.8. The highest BCUT2D eigenvalue weighted by Crippen LogP contribution is 2.31. The van der Waals surface area contributed by atoms with Crippen molar-refractivity contribution < 1.29 is 22.3 Å². The molecular formula is C14H20FNO4S. The topological polar surface area (TPSA) is 64.6 Å². The first-order valence-corrected chi connectivity index (χ1v) is 8.66. The van der Waals surface area contributed by atoms with Gasteiger partial charge >= 0.3 is 0 Å². The highest BCUT2D eigenvalue weighted by molar-refractivity contribution is 7.90. The maximum Gasteiger partial charge on any atom is 0.175 e. The van der Waals surface area contributed by atoms with Crippen LogP contribution in [0.2, 0.25) is 0 Å². The van der Waals surface area contributed by atoms with E-state index in [9.17, 15) is 12.8 Å². The van der Waals surface area contributed by atoms with E-state index in [1.165, 1.54) is 12.1 Å². The molecule has 118 valence electrons. The Bertz CT molecular complexity index is 605. The van der Waals surface area contributed by atoms with Crippen molar-refractivity contribution in [3.63, 3.8) is 0 Å². The lowest BCUT2D eigenvalue weighted by Gasteiger charge is -2.43. The van der Waals surface area contributed by atoms with Crippen LogP contribution in [0.3, 0.4) is 0 Å². The van der Waals surface area contributed by atoms with Crippen molar-refractivity contribution in [3.05, 3.63) is 24.0 Å². The molecule has 0 bridgehead atoms.